The number of aromatic nitrogens is 2. The Balaban J connectivity index is 1.78. The molecule has 0 radical (unpaired) electrons. The third-order valence-corrected chi connectivity index (χ3v) is 4.29. The van der Waals surface area contributed by atoms with Gasteiger partial charge in [0.15, 0.2) is 5.82 Å². The minimum Gasteiger partial charge on any atom is -0.370 e. The first-order chi connectivity index (χ1) is 11.6. The van der Waals surface area contributed by atoms with Crippen molar-refractivity contribution in [2.24, 2.45) is 0 Å². The molecule has 2 heterocycles. The summed E-state index contributed by atoms with van der Waals surface area (Å²) in [5.41, 5.74) is 2.87. The van der Waals surface area contributed by atoms with Crippen LogP contribution in [0.15, 0.2) is 24.3 Å². The van der Waals surface area contributed by atoms with E-state index < -0.39 is 0 Å². The standard InChI is InChI=1S/C18H21N5O/c1-12(2)15-10-17(22-21-15)20-18(24)13-5-6-16(14(9-13)11-19)23-7-3-4-8-23/h5-6,9-10,12H,3-4,7-8H2,1-2H3,(H2,20,21,22,24). The van der Waals surface area contributed by atoms with Gasteiger partial charge in [-0.3, -0.25) is 9.89 Å². The zero-order valence-corrected chi connectivity index (χ0v) is 14.0. The number of aromatic amines is 1. The molecule has 24 heavy (non-hydrogen) atoms. The van der Waals surface area contributed by atoms with Crippen molar-refractivity contribution in [3.8, 4) is 6.07 Å². The van der Waals surface area contributed by atoms with Crippen molar-refractivity contribution in [3.05, 3.63) is 41.1 Å². The molecule has 1 amide bonds. The van der Waals surface area contributed by atoms with E-state index >= 15 is 0 Å². The first-order valence-corrected chi connectivity index (χ1v) is 8.24. The Kier molecular flexibility index (Phi) is 4.52. The van der Waals surface area contributed by atoms with Crippen LogP contribution in [-0.2, 0) is 0 Å². The molecule has 0 aliphatic carbocycles. The van der Waals surface area contributed by atoms with E-state index in [0.717, 1.165) is 37.3 Å². The highest BCUT2D eigenvalue weighted by Gasteiger charge is 2.18. The van der Waals surface area contributed by atoms with Crippen LogP contribution in [0.2, 0.25) is 0 Å². The van der Waals surface area contributed by atoms with Crippen molar-refractivity contribution in [3.63, 3.8) is 0 Å². The van der Waals surface area contributed by atoms with Gasteiger partial charge in [0.1, 0.15) is 6.07 Å². The lowest BCUT2D eigenvalue weighted by atomic mass is 10.1. The number of hydrogen-bond donors (Lipinski definition) is 2. The molecule has 0 unspecified atom stereocenters. The van der Waals surface area contributed by atoms with Gasteiger partial charge in [-0.25, -0.2) is 0 Å². The average Bonchev–Trinajstić information content (AvgIpc) is 3.25. The Bertz CT molecular complexity index is 781. The number of carbonyl (C=O) groups excluding carboxylic acids is 1. The molecule has 1 saturated heterocycles. The van der Waals surface area contributed by atoms with E-state index in [4.69, 9.17) is 0 Å². The van der Waals surface area contributed by atoms with Gasteiger partial charge >= 0.3 is 0 Å². The number of carbonyl (C=O) groups is 1. The van der Waals surface area contributed by atoms with Crippen molar-refractivity contribution in [1.29, 1.82) is 5.26 Å². The van der Waals surface area contributed by atoms with E-state index in [9.17, 15) is 10.1 Å². The predicted octanol–water partition coefficient (Wildman–Crippen LogP) is 3.26. The van der Waals surface area contributed by atoms with E-state index in [1.165, 1.54) is 0 Å². The molecule has 1 aromatic heterocycles. The van der Waals surface area contributed by atoms with Crippen molar-refractivity contribution in [1.82, 2.24) is 10.2 Å². The number of anilines is 2. The maximum absolute atomic E-state index is 12.4. The average molecular weight is 323 g/mol. The van der Waals surface area contributed by atoms with Gasteiger partial charge in [0.05, 0.1) is 11.3 Å². The molecule has 1 aliphatic rings. The maximum Gasteiger partial charge on any atom is 0.256 e. The van der Waals surface area contributed by atoms with Crippen molar-refractivity contribution in [2.45, 2.75) is 32.6 Å². The van der Waals surface area contributed by atoms with Crippen molar-refractivity contribution < 1.29 is 4.79 Å². The van der Waals surface area contributed by atoms with Gasteiger partial charge in [0.2, 0.25) is 0 Å². The molecule has 3 rings (SSSR count). The number of nitrogens with zero attached hydrogens (tertiary/aromatic N) is 3. The molecule has 124 valence electrons. The van der Waals surface area contributed by atoms with Gasteiger partial charge in [-0.2, -0.15) is 10.4 Å². The molecular formula is C18H21N5O. The van der Waals surface area contributed by atoms with E-state index in [-0.39, 0.29) is 5.91 Å². The summed E-state index contributed by atoms with van der Waals surface area (Å²) in [6.07, 6.45) is 2.29. The smallest absolute Gasteiger partial charge is 0.256 e. The number of amides is 1. The molecule has 0 spiro atoms. The fourth-order valence-corrected chi connectivity index (χ4v) is 2.89. The summed E-state index contributed by atoms with van der Waals surface area (Å²) in [4.78, 5) is 14.6. The summed E-state index contributed by atoms with van der Waals surface area (Å²) >= 11 is 0. The van der Waals surface area contributed by atoms with Crippen LogP contribution in [0.3, 0.4) is 0 Å². The summed E-state index contributed by atoms with van der Waals surface area (Å²) < 4.78 is 0. The SMILES string of the molecule is CC(C)c1cc(NC(=O)c2ccc(N3CCCC3)c(C#N)c2)n[nH]1. The summed E-state index contributed by atoms with van der Waals surface area (Å²) in [7, 11) is 0. The van der Waals surface area contributed by atoms with Crippen LogP contribution in [0.1, 0.15) is 54.2 Å². The van der Waals surface area contributed by atoms with Crippen LogP contribution in [0.25, 0.3) is 0 Å². The maximum atomic E-state index is 12.4. The van der Waals surface area contributed by atoms with Crippen LogP contribution in [0.5, 0.6) is 0 Å². The third-order valence-electron chi connectivity index (χ3n) is 4.29. The molecule has 2 N–H and O–H groups in total. The molecule has 0 bridgehead atoms. The minimum absolute atomic E-state index is 0.263. The second kappa shape index (κ2) is 6.75. The summed E-state index contributed by atoms with van der Waals surface area (Å²) in [6.45, 7) is 6.03. The summed E-state index contributed by atoms with van der Waals surface area (Å²) in [5, 5.41) is 19.2. The quantitative estimate of drug-likeness (QED) is 0.904. The summed E-state index contributed by atoms with van der Waals surface area (Å²) in [6, 6.07) is 9.31. The minimum atomic E-state index is -0.263. The lowest BCUT2D eigenvalue weighted by molar-refractivity contribution is 0.102. The Morgan fingerprint density at radius 1 is 1.33 bits per heavy atom. The number of benzene rings is 1. The van der Waals surface area contributed by atoms with Crippen LogP contribution in [-0.4, -0.2) is 29.2 Å². The molecular weight excluding hydrogens is 302 g/mol. The highest BCUT2D eigenvalue weighted by atomic mass is 16.1. The van der Waals surface area contributed by atoms with E-state index in [1.807, 2.05) is 12.1 Å². The van der Waals surface area contributed by atoms with Crippen LogP contribution >= 0.6 is 0 Å². The first-order valence-electron chi connectivity index (χ1n) is 8.24. The molecule has 1 aromatic carbocycles. The molecule has 6 heteroatoms. The van der Waals surface area contributed by atoms with Gasteiger partial charge in [-0.05, 0) is 37.0 Å². The van der Waals surface area contributed by atoms with E-state index in [0.29, 0.717) is 22.9 Å². The van der Waals surface area contributed by atoms with Gasteiger partial charge < -0.3 is 10.2 Å². The Labute approximate surface area is 141 Å². The normalized spacial score (nSPS) is 14.0. The zero-order chi connectivity index (χ0) is 17.1. The van der Waals surface area contributed by atoms with Crippen LogP contribution in [0.4, 0.5) is 11.5 Å². The molecule has 6 nitrogen and oxygen atoms in total. The van der Waals surface area contributed by atoms with Crippen LogP contribution < -0.4 is 10.2 Å². The first kappa shape index (κ1) is 16.1. The second-order valence-corrected chi connectivity index (χ2v) is 6.36. The Morgan fingerprint density at radius 3 is 2.71 bits per heavy atom. The molecule has 1 fully saturated rings. The van der Waals surface area contributed by atoms with Gasteiger partial charge in [-0.15, -0.1) is 0 Å². The number of rotatable bonds is 4. The fraction of sp³-hybridized carbons (Fsp3) is 0.389. The van der Waals surface area contributed by atoms with Crippen LogP contribution in [0, 0.1) is 11.3 Å². The highest BCUT2D eigenvalue weighted by Crippen LogP contribution is 2.25. The topological polar surface area (TPSA) is 84.8 Å². The lowest BCUT2D eigenvalue weighted by Crippen LogP contribution is -2.19. The molecule has 2 aromatic rings. The number of H-pyrrole nitrogens is 1. The van der Waals surface area contributed by atoms with Gasteiger partial charge in [0.25, 0.3) is 5.91 Å². The predicted molar refractivity (Wildman–Crippen MR) is 93.2 cm³/mol. The lowest BCUT2D eigenvalue weighted by Gasteiger charge is -2.19. The van der Waals surface area contributed by atoms with Crippen molar-refractivity contribution in [2.75, 3.05) is 23.3 Å². The van der Waals surface area contributed by atoms with E-state index in [2.05, 4.69) is 40.3 Å². The number of hydrogen-bond acceptors (Lipinski definition) is 4. The monoisotopic (exact) mass is 323 g/mol. The van der Waals surface area contributed by atoms with Gasteiger partial charge in [-0.1, -0.05) is 13.8 Å². The Morgan fingerprint density at radius 2 is 2.08 bits per heavy atom. The third kappa shape index (κ3) is 3.25. The Hall–Kier alpha value is -2.81. The highest BCUT2D eigenvalue weighted by molar-refractivity contribution is 6.04. The molecule has 0 saturated carbocycles. The zero-order valence-electron chi connectivity index (χ0n) is 14.0. The summed E-state index contributed by atoms with van der Waals surface area (Å²) in [5.74, 6) is 0.542. The number of nitrogens with one attached hydrogen (secondary N) is 2. The van der Waals surface area contributed by atoms with Gasteiger partial charge in [0, 0.05) is 30.4 Å². The second-order valence-electron chi connectivity index (χ2n) is 6.36. The fourth-order valence-electron chi connectivity index (χ4n) is 2.89. The number of nitriles is 1. The van der Waals surface area contributed by atoms with E-state index in [1.54, 1.807) is 12.1 Å². The molecule has 1 aliphatic heterocycles. The molecule has 0 atom stereocenters. The van der Waals surface area contributed by atoms with Crippen molar-refractivity contribution >= 4 is 17.4 Å². The largest absolute Gasteiger partial charge is 0.370 e.